The van der Waals surface area contributed by atoms with E-state index in [1.165, 1.54) is 231 Å². The first kappa shape index (κ1) is 68.7. The van der Waals surface area contributed by atoms with Gasteiger partial charge in [0.2, 0.25) is 5.91 Å². The zero-order chi connectivity index (χ0) is 51.3. The summed E-state index contributed by atoms with van der Waals surface area (Å²) < 4.78 is 23.6. The number of aliphatic hydroxyl groups is 1. The quantitative estimate of drug-likeness (QED) is 0.0243. The monoisotopic (exact) mass is 1010 g/mol. The van der Waals surface area contributed by atoms with Gasteiger partial charge in [0.1, 0.15) is 13.2 Å². The van der Waals surface area contributed by atoms with Crippen LogP contribution in [0.1, 0.15) is 296 Å². The van der Waals surface area contributed by atoms with Crippen LogP contribution in [-0.4, -0.2) is 73.4 Å². The SMILES string of the molecule is CCCCCCCCC/C=C/C(O)C(COP(=O)(O)OCC[N+](C)(C)C)NC(=O)CCCCCCCCCCCCCCCCCCC/C=C\C/C=C\CCCCCCCCCCCCCCCCC. The molecule has 0 aromatic carbocycles. The Hall–Kier alpha value is -1.28. The van der Waals surface area contributed by atoms with Gasteiger partial charge in [-0.05, 0) is 51.4 Å². The normalized spacial score (nSPS) is 14.1. The molecule has 0 aliphatic rings. The predicted octanol–water partition coefficient (Wildman–Crippen LogP) is 18.5. The third-order valence-electron chi connectivity index (χ3n) is 13.9. The van der Waals surface area contributed by atoms with Gasteiger partial charge in [-0.15, -0.1) is 0 Å². The largest absolute Gasteiger partial charge is 0.472 e. The van der Waals surface area contributed by atoms with Crippen molar-refractivity contribution in [1.82, 2.24) is 5.32 Å². The van der Waals surface area contributed by atoms with Crippen molar-refractivity contribution in [1.29, 1.82) is 0 Å². The maximum Gasteiger partial charge on any atom is 0.472 e. The molecule has 0 bridgehead atoms. The molecule has 414 valence electrons. The summed E-state index contributed by atoms with van der Waals surface area (Å²) in [6.07, 6.45) is 68.7. The Balaban J connectivity index is 3.81. The van der Waals surface area contributed by atoms with Crippen molar-refractivity contribution in [3.63, 3.8) is 0 Å². The topological polar surface area (TPSA) is 105 Å². The van der Waals surface area contributed by atoms with Crippen LogP contribution in [0, 0.1) is 0 Å². The molecule has 0 spiro atoms. The number of allylic oxidation sites excluding steroid dienone is 5. The van der Waals surface area contributed by atoms with E-state index in [9.17, 15) is 19.4 Å². The lowest BCUT2D eigenvalue weighted by Gasteiger charge is -2.25. The lowest BCUT2D eigenvalue weighted by Crippen LogP contribution is -2.45. The van der Waals surface area contributed by atoms with Crippen LogP contribution in [0.2, 0.25) is 0 Å². The average molecular weight is 1010 g/mol. The van der Waals surface area contributed by atoms with Gasteiger partial charge in [0, 0.05) is 6.42 Å². The summed E-state index contributed by atoms with van der Waals surface area (Å²) in [5, 5.41) is 13.8. The standard InChI is InChI=1S/C61H119N2O6P/c1-6-8-10-12-14-16-17-18-19-20-21-22-23-24-25-26-27-28-29-30-31-32-33-34-35-36-37-38-39-40-41-42-43-44-45-47-49-51-53-55-61(65)62-59(58-69-70(66,67)68-57-56-63(3,4)5)60(64)54-52-50-48-46-15-13-11-9-7-2/h27-28,30-31,52,54,59-60,64H,6-26,29,32-51,53,55-58H2,1-5H3,(H-,62,65,66,67)/p+1/b28-27-,31-30-,54-52+. The number of likely N-dealkylation sites (N-methyl/N-ethyl adjacent to an activating group) is 1. The van der Waals surface area contributed by atoms with Crippen molar-refractivity contribution >= 4 is 13.7 Å². The Morgan fingerprint density at radius 1 is 0.486 bits per heavy atom. The Kier molecular flexibility index (Phi) is 51.6. The van der Waals surface area contributed by atoms with Crippen LogP contribution in [0.25, 0.3) is 0 Å². The van der Waals surface area contributed by atoms with Gasteiger partial charge in [0.15, 0.2) is 0 Å². The number of unbranched alkanes of at least 4 members (excludes halogenated alkanes) is 39. The number of nitrogens with one attached hydrogen (secondary N) is 1. The van der Waals surface area contributed by atoms with Crippen LogP contribution in [0.5, 0.6) is 0 Å². The summed E-state index contributed by atoms with van der Waals surface area (Å²) in [4.78, 5) is 23.2. The Bertz CT molecular complexity index is 1230. The summed E-state index contributed by atoms with van der Waals surface area (Å²) in [6, 6.07) is -0.843. The first-order valence-corrected chi connectivity index (χ1v) is 31.9. The molecule has 0 saturated heterocycles. The molecule has 70 heavy (non-hydrogen) atoms. The van der Waals surface area contributed by atoms with Crippen LogP contribution in [0.3, 0.4) is 0 Å². The number of hydrogen-bond acceptors (Lipinski definition) is 5. The molecule has 0 aliphatic heterocycles. The number of quaternary nitrogens is 1. The minimum absolute atomic E-state index is 0.0622. The molecule has 8 nitrogen and oxygen atoms in total. The highest BCUT2D eigenvalue weighted by atomic mass is 31.2. The molecule has 0 aliphatic carbocycles. The second kappa shape index (κ2) is 52.6. The molecule has 0 heterocycles. The first-order chi connectivity index (χ1) is 34.0. The highest BCUT2D eigenvalue weighted by molar-refractivity contribution is 7.47. The van der Waals surface area contributed by atoms with E-state index in [1.54, 1.807) is 6.08 Å². The van der Waals surface area contributed by atoms with Gasteiger partial charge < -0.3 is 19.8 Å². The third-order valence-corrected chi connectivity index (χ3v) is 14.8. The van der Waals surface area contributed by atoms with Crippen molar-refractivity contribution in [2.45, 2.75) is 309 Å². The van der Waals surface area contributed by atoms with E-state index in [4.69, 9.17) is 9.05 Å². The molecular weight excluding hydrogens is 888 g/mol. The van der Waals surface area contributed by atoms with Gasteiger partial charge in [-0.2, -0.15) is 0 Å². The fourth-order valence-corrected chi connectivity index (χ4v) is 9.81. The Morgan fingerprint density at radius 3 is 1.17 bits per heavy atom. The number of nitrogens with zero attached hydrogens (tertiary/aromatic N) is 1. The van der Waals surface area contributed by atoms with Gasteiger partial charge in [-0.25, -0.2) is 4.57 Å². The zero-order valence-corrected chi connectivity index (χ0v) is 48.2. The van der Waals surface area contributed by atoms with Crippen LogP contribution in [0.15, 0.2) is 36.5 Å². The second-order valence-corrected chi connectivity index (χ2v) is 23.5. The van der Waals surface area contributed by atoms with E-state index in [0.29, 0.717) is 17.4 Å². The lowest BCUT2D eigenvalue weighted by atomic mass is 10.0. The number of phosphoric ester groups is 1. The summed E-state index contributed by atoms with van der Waals surface area (Å²) in [7, 11) is 1.58. The Morgan fingerprint density at radius 2 is 0.814 bits per heavy atom. The van der Waals surface area contributed by atoms with Crippen LogP contribution < -0.4 is 5.32 Å². The number of hydrogen-bond donors (Lipinski definition) is 3. The van der Waals surface area contributed by atoms with Crippen LogP contribution >= 0.6 is 7.82 Å². The van der Waals surface area contributed by atoms with E-state index in [-0.39, 0.29) is 19.1 Å². The van der Waals surface area contributed by atoms with Crippen LogP contribution in [0.4, 0.5) is 0 Å². The van der Waals surface area contributed by atoms with Crippen molar-refractivity contribution in [2.24, 2.45) is 0 Å². The molecule has 3 unspecified atom stereocenters. The first-order valence-electron chi connectivity index (χ1n) is 30.4. The molecule has 3 N–H and O–H groups in total. The fourth-order valence-electron chi connectivity index (χ4n) is 9.08. The molecule has 0 saturated carbocycles. The number of carbonyl (C=O) groups excluding carboxylic acids is 1. The van der Waals surface area contributed by atoms with E-state index >= 15 is 0 Å². The van der Waals surface area contributed by atoms with Crippen molar-refractivity contribution in [2.75, 3.05) is 40.9 Å². The molecule has 1 amide bonds. The number of aliphatic hydroxyl groups excluding tert-OH is 1. The van der Waals surface area contributed by atoms with E-state index in [0.717, 1.165) is 44.9 Å². The van der Waals surface area contributed by atoms with Crippen LogP contribution in [-0.2, 0) is 18.4 Å². The predicted molar refractivity (Wildman–Crippen MR) is 304 cm³/mol. The highest BCUT2D eigenvalue weighted by Crippen LogP contribution is 2.43. The zero-order valence-electron chi connectivity index (χ0n) is 47.3. The molecule has 0 aromatic heterocycles. The number of rotatable bonds is 56. The second-order valence-electron chi connectivity index (χ2n) is 22.1. The molecule has 0 fully saturated rings. The highest BCUT2D eigenvalue weighted by Gasteiger charge is 2.27. The average Bonchev–Trinajstić information content (AvgIpc) is 3.32. The van der Waals surface area contributed by atoms with Crippen molar-refractivity contribution in [3.8, 4) is 0 Å². The van der Waals surface area contributed by atoms with Gasteiger partial charge in [0.25, 0.3) is 0 Å². The van der Waals surface area contributed by atoms with Crippen molar-refractivity contribution in [3.05, 3.63) is 36.5 Å². The lowest BCUT2D eigenvalue weighted by molar-refractivity contribution is -0.870. The van der Waals surface area contributed by atoms with Gasteiger partial charge in [0.05, 0.1) is 39.9 Å². The number of carbonyl (C=O) groups is 1. The number of amides is 1. The summed E-state index contributed by atoms with van der Waals surface area (Å²) in [6.45, 7) is 4.81. The summed E-state index contributed by atoms with van der Waals surface area (Å²) in [5.41, 5.74) is 0. The third kappa shape index (κ3) is 54.5. The van der Waals surface area contributed by atoms with E-state index < -0.39 is 20.0 Å². The maximum absolute atomic E-state index is 12.9. The van der Waals surface area contributed by atoms with Gasteiger partial charge >= 0.3 is 7.82 Å². The smallest absolute Gasteiger partial charge is 0.387 e. The molecule has 3 atom stereocenters. The van der Waals surface area contributed by atoms with Gasteiger partial charge in [-0.1, -0.05) is 275 Å². The maximum atomic E-state index is 12.9. The summed E-state index contributed by atoms with van der Waals surface area (Å²) >= 11 is 0. The summed E-state index contributed by atoms with van der Waals surface area (Å²) in [5.74, 6) is -0.177. The van der Waals surface area contributed by atoms with Crippen molar-refractivity contribution < 1.29 is 32.9 Å². The Labute approximate surface area is 436 Å². The minimum atomic E-state index is -4.34. The molecular formula is C61H120N2O6P+. The minimum Gasteiger partial charge on any atom is -0.387 e. The molecule has 0 rings (SSSR count). The molecule has 0 radical (unpaired) electrons. The molecule has 9 heteroatoms. The van der Waals surface area contributed by atoms with E-state index in [2.05, 4.69) is 43.5 Å². The number of phosphoric acid groups is 1. The fraction of sp³-hybridized carbons (Fsp3) is 0.885. The molecule has 0 aromatic rings. The van der Waals surface area contributed by atoms with Gasteiger partial charge in [-0.3, -0.25) is 13.8 Å². The van der Waals surface area contributed by atoms with E-state index in [1.807, 2.05) is 27.2 Å².